The number of carbonyl (C=O) groups is 1. The molecule has 3 rings (SSSR count). The van der Waals surface area contributed by atoms with Crippen molar-refractivity contribution in [1.82, 2.24) is 20.4 Å². The zero-order chi connectivity index (χ0) is 18.4. The second-order valence-corrected chi connectivity index (χ2v) is 5.89. The molecule has 0 spiro atoms. The molecule has 0 radical (unpaired) electrons. The molecule has 2 N–H and O–H groups in total. The van der Waals surface area contributed by atoms with Gasteiger partial charge in [-0.05, 0) is 13.3 Å². The van der Waals surface area contributed by atoms with Crippen molar-refractivity contribution < 1.29 is 9.32 Å². The van der Waals surface area contributed by atoms with Crippen LogP contribution in [0.15, 0.2) is 47.0 Å². The fraction of sp³-hybridized carbons (Fsp3) is 0.263. The van der Waals surface area contributed by atoms with Crippen molar-refractivity contribution in [3.63, 3.8) is 0 Å². The summed E-state index contributed by atoms with van der Waals surface area (Å²) in [6.07, 6.45) is 1.93. The van der Waals surface area contributed by atoms with Gasteiger partial charge in [0.2, 0.25) is 0 Å². The molecule has 2 aromatic heterocycles. The smallest absolute Gasteiger partial charge is 0.270 e. The van der Waals surface area contributed by atoms with Crippen LogP contribution in [0.4, 0.5) is 11.6 Å². The maximum absolute atomic E-state index is 12.4. The van der Waals surface area contributed by atoms with E-state index in [9.17, 15) is 4.79 Å². The van der Waals surface area contributed by atoms with Crippen molar-refractivity contribution in [1.29, 1.82) is 0 Å². The van der Waals surface area contributed by atoms with Crippen LogP contribution in [0.25, 0.3) is 11.4 Å². The zero-order valence-corrected chi connectivity index (χ0v) is 14.8. The van der Waals surface area contributed by atoms with E-state index in [1.807, 2.05) is 30.3 Å². The molecule has 7 heteroatoms. The van der Waals surface area contributed by atoms with Crippen LogP contribution in [0.5, 0.6) is 0 Å². The minimum Gasteiger partial charge on any atom is -0.360 e. The molecule has 134 valence electrons. The molecule has 7 nitrogen and oxygen atoms in total. The number of nitrogens with zero attached hydrogens (tertiary/aromatic N) is 3. The van der Waals surface area contributed by atoms with E-state index in [2.05, 4.69) is 32.7 Å². The van der Waals surface area contributed by atoms with Gasteiger partial charge in [0, 0.05) is 24.2 Å². The fourth-order valence-corrected chi connectivity index (χ4v) is 2.37. The molecule has 0 atom stereocenters. The number of aromatic nitrogens is 3. The predicted octanol–water partition coefficient (Wildman–Crippen LogP) is 3.71. The molecule has 26 heavy (non-hydrogen) atoms. The number of nitrogens with one attached hydrogen (secondary N) is 2. The Labute approximate surface area is 151 Å². The average Bonchev–Trinajstić information content (AvgIpc) is 3.07. The van der Waals surface area contributed by atoms with Crippen molar-refractivity contribution in [2.45, 2.75) is 26.7 Å². The van der Waals surface area contributed by atoms with Gasteiger partial charge in [-0.2, -0.15) is 0 Å². The lowest BCUT2D eigenvalue weighted by molar-refractivity contribution is 0.0948. The Morgan fingerprint density at radius 1 is 1.12 bits per heavy atom. The number of unbranched alkanes of at least 4 members (excludes halogenated alkanes) is 1. The zero-order valence-electron chi connectivity index (χ0n) is 14.8. The van der Waals surface area contributed by atoms with E-state index < -0.39 is 0 Å². The standard InChI is InChI=1S/C19H21N5O2/c1-3-4-10-20-19(25)15-12-16(22-17-11-13(2)26-24-17)23-18(21-15)14-8-6-5-7-9-14/h5-9,11-12H,3-4,10H2,1-2H3,(H,20,25)(H,21,22,23,24). The molecule has 0 aliphatic heterocycles. The van der Waals surface area contributed by atoms with Crippen LogP contribution < -0.4 is 10.6 Å². The van der Waals surface area contributed by atoms with E-state index in [4.69, 9.17) is 4.52 Å². The van der Waals surface area contributed by atoms with Gasteiger partial charge in [0.05, 0.1) is 0 Å². The first kappa shape index (κ1) is 17.6. The monoisotopic (exact) mass is 351 g/mol. The number of aryl methyl sites for hydroxylation is 1. The first-order valence-electron chi connectivity index (χ1n) is 8.58. The Morgan fingerprint density at radius 2 is 1.92 bits per heavy atom. The fourth-order valence-electron chi connectivity index (χ4n) is 2.37. The molecule has 2 heterocycles. The van der Waals surface area contributed by atoms with Crippen LogP contribution >= 0.6 is 0 Å². The second-order valence-electron chi connectivity index (χ2n) is 5.89. The Morgan fingerprint density at radius 3 is 2.62 bits per heavy atom. The van der Waals surface area contributed by atoms with E-state index >= 15 is 0 Å². The minimum atomic E-state index is -0.225. The lowest BCUT2D eigenvalue weighted by Crippen LogP contribution is -2.25. The summed E-state index contributed by atoms with van der Waals surface area (Å²) >= 11 is 0. The Hall–Kier alpha value is -3.22. The van der Waals surface area contributed by atoms with Crippen molar-refractivity contribution in [3.8, 4) is 11.4 Å². The third kappa shape index (κ3) is 4.44. The summed E-state index contributed by atoms with van der Waals surface area (Å²) in [5.41, 5.74) is 1.13. The minimum absolute atomic E-state index is 0.225. The number of benzene rings is 1. The van der Waals surface area contributed by atoms with E-state index in [1.54, 1.807) is 19.1 Å². The molecular weight excluding hydrogens is 330 g/mol. The van der Waals surface area contributed by atoms with Gasteiger partial charge in [-0.25, -0.2) is 9.97 Å². The van der Waals surface area contributed by atoms with Gasteiger partial charge < -0.3 is 15.2 Å². The molecule has 0 bridgehead atoms. The molecule has 3 aromatic rings. The van der Waals surface area contributed by atoms with E-state index in [0.29, 0.717) is 35.5 Å². The Bertz CT molecular complexity index is 877. The normalized spacial score (nSPS) is 10.5. The summed E-state index contributed by atoms with van der Waals surface area (Å²) in [6, 6.07) is 12.9. The van der Waals surface area contributed by atoms with Crippen molar-refractivity contribution >= 4 is 17.5 Å². The summed E-state index contributed by atoms with van der Waals surface area (Å²) in [5.74, 6) is 1.93. The molecule has 0 saturated heterocycles. The molecule has 0 aliphatic carbocycles. The lowest BCUT2D eigenvalue weighted by atomic mass is 10.2. The number of amides is 1. The number of hydrogen-bond acceptors (Lipinski definition) is 6. The van der Waals surface area contributed by atoms with Gasteiger partial charge >= 0.3 is 0 Å². The molecule has 0 aliphatic rings. The highest BCUT2D eigenvalue weighted by Gasteiger charge is 2.13. The summed E-state index contributed by atoms with van der Waals surface area (Å²) < 4.78 is 5.06. The molecule has 0 saturated carbocycles. The largest absolute Gasteiger partial charge is 0.360 e. The van der Waals surface area contributed by atoms with E-state index in [-0.39, 0.29) is 5.91 Å². The number of carbonyl (C=O) groups excluding carboxylic acids is 1. The summed E-state index contributed by atoms with van der Waals surface area (Å²) in [7, 11) is 0. The average molecular weight is 351 g/mol. The number of hydrogen-bond donors (Lipinski definition) is 2. The highest BCUT2D eigenvalue weighted by molar-refractivity contribution is 5.93. The van der Waals surface area contributed by atoms with Gasteiger partial charge in [0.1, 0.15) is 17.3 Å². The summed E-state index contributed by atoms with van der Waals surface area (Å²) in [4.78, 5) is 21.4. The predicted molar refractivity (Wildman–Crippen MR) is 99.2 cm³/mol. The molecule has 0 fully saturated rings. The van der Waals surface area contributed by atoms with Crippen LogP contribution in [0, 0.1) is 6.92 Å². The topological polar surface area (TPSA) is 92.9 Å². The third-order valence-corrected chi connectivity index (χ3v) is 3.69. The molecular formula is C19H21N5O2. The summed E-state index contributed by atoms with van der Waals surface area (Å²) in [5, 5.41) is 9.85. The lowest BCUT2D eigenvalue weighted by Gasteiger charge is -2.09. The molecule has 1 aromatic carbocycles. The van der Waals surface area contributed by atoms with Gasteiger partial charge in [0.15, 0.2) is 11.6 Å². The van der Waals surface area contributed by atoms with E-state index in [1.165, 1.54) is 0 Å². The first-order chi connectivity index (χ1) is 12.7. The SMILES string of the molecule is CCCCNC(=O)c1cc(Nc2cc(C)on2)nc(-c2ccccc2)n1. The Balaban J connectivity index is 1.92. The van der Waals surface area contributed by atoms with Crippen LogP contribution in [-0.4, -0.2) is 27.6 Å². The maximum Gasteiger partial charge on any atom is 0.270 e. The van der Waals surface area contributed by atoms with Gasteiger partial charge in [-0.15, -0.1) is 0 Å². The van der Waals surface area contributed by atoms with Crippen LogP contribution in [0.1, 0.15) is 36.0 Å². The molecule has 0 unspecified atom stereocenters. The van der Waals surface area contributed by atoms with Crippen LogP contribution in [-0.2, 0) is 0 Å². The summed E-state index contributed by atoms with van der Waals surface area (Å²) in [6.45, 7) is 4.50. The number of anilines is 2. The van der Waals surface area contributed by atoms with Crippen molar-refractivity contribution in [2.24, 2.45) is 0 Å². The van der Waals surface area contributed by atoms with Crippen LogP contribution in [0.3, 0.4) is 0 Å². The molecule has 1 amide bonds. The highest BCUT2D eigenvalue weighted by Crippen LogP contribution is 2.20. The van der Waals surface area contributed by atoms with Crippen molar-refractivity contribution in [3.05, 3.63) is 53.9 Å². The van der Waals surface area contributed by atoms with Gasteiger partial charge in [0.25, 0.3) is 5.91 Å². The van der Waals surface area contributed by atoms with Gasteiger partial charge in [-0.3, -0.25) is 4.79 Å². The maximum atomic E-state index is 12.4. The van der Waals surface area contributed by atoms with E-state index in [0.717, 1.165) is 18.4 Å². The quantitative estimate of drug-likeness (QED) is 0.630. The number of rotatable bonds is 7. The first-order valence-corrected chi connectivity index (χ1v) is 8.58. The Kier molecular flexibility index (Phi) is 5.58. The third-order valence-electron chi connectivity index (χ3n) is 3.69. The second kappa shape index (κ2) is 8.24. The highest BCUT2D eigenvalue weighted by atomic mass is 16.5. The van der Waals surface area contributed by atoms with Crippen LogP contribution in [0.2, 0.25) is 0 Å². The van der Waals surface area contributed by atoms with Crippen molar-refractivity contribution in [2.75, 3.05) is 11.9 Å². The van der Waals surface area contributed by atoms with Gasteiger partial charge in [-0.1, -0.05) is 48.8 Å².